The predicted octanol–water partition coefficient (Wildman–Crippen LogP) is 3.15. The zero-order valence-electron chi connectivity index (χ0n) is 14.8. The van der Waals surface area contributed by atoms with Crippen LogP contribution < -0.4 is 5.32 Å². The molecule has 0 radical (unpaired) electrons. The van der Waals surface area contributed by atoms with Crippen molar-refractivity contribution in [3.63, 3.8) is 0 Å². The van der Waals surface area contributed by atoms with Gasteiger partial charge in [0.2, 0.25) is 0 Å². The first kappa shape index (κ1) is 20.4. The maximum absolute atomic E-state index is 11.8. The highest BCUT2D eigenvalue weighted by Crippen LogP contribution is 2.21. The monoisotopic (exact) mass is 388 g/mol. The van der Waals surface area contributed by atoms with Crippen LogP contribution in [0, 0.1) is 10.1 Å². The van der Waals surface area contributed by atoms with E-state index in [2.05, 4.69) is 5.32 Å². The number of nitro groups is 1. The maximum atomic E-state index is 11.8. The van der Waals surface area contributed by atoms with E-state index in [0.29, 0.717) is 11.4 Å². The smallest absolute Gasteiger partial charge is 0.316 e. The summed E-state index contributed by atoms with van der Waals surface area (Å²) in [4.78, 5) is 34.3. The second-order valence-corrected chi connectivity index (χ2v) is 6.86. The Morgan fingerprint density at radius 2 is 1.81 bits per heavy atom. The second-order valence-electron chi connectivity index (χ2n) is 5.82. The van der Waals surface area contributed by atoms with Crippen LogP contribution in [0.3, 0.4) is 0 Å². The Morgan fingerprint density at radius 3 is 2.44 bits per heavy atom. The van der Waals surface area contributed by atoms with Crippen LogP contribution in [-0.4, -0.2) is 35.7 Å². The van der Waals surface area contributed by atoms with E-state index in [0.717, 1.165) is 5.56 Å². The van der Waals surface area contributed by atoms with Crippen LogP contribution in [0.5, 0.6) is 0 Å². The van der Waals surface area contributed by atoms with E-state index in [4.69, 9.17) is 4.74 Å². The average Bonchev–Trinajstić information content (AvgIpc) is 2.69. The first-order chi connectivity index (χ1) is 13.0. The SMILES string of the molecule is C[C@@H](CNC(=O)COC(=O)CSc1ccc([N+](=O)[O-])cc1)c1ccccc1. The third-order valence-corrected chi connectivity index (χ3v) is 4.73. The first-order valence-electron chi connectivity index (χ1n) is 8.30. The summed E-state index contributed by atoms with van der Waals surface area (Å²) >= 11 is 1.19. The van der Waals surface area contributed by atoms with Gasteiger partial charge in [0.1, 0.15) is 0 Å². The quantitative estimate of drug-likeness (QED) is 0.307. The number of thioether (sulfide) groups is 1. The van der Waals surface area contributed by atoms with E-state index in [-0.39, 0.29) is 29.9 Å². The molecule has 1 N–H and O–H groups in total. The van der Waals surface area contributed by atoms with Crippen LogP contribution in [0.25, 0.3) is 0 Å². The van der Waals surface area contributed by atoms with Gasteiger partial charge >= 0.3 is 5.97 Å². The van der Waals surface area contributed by atoms with Crippen molar-refractivity contribution < 1.29 is 19.2 Å². The minimum Gasteiger partial charge on any atom is -0.455 e. The number of esters is 1. The van der Waals surface area contributed by atoms with Gasteiger partial charge in [0.25, 0.3) is 11.6 Å². The zero-order valence-corrected chi connectivity index (χ0v) is 15.6. The van der Waals surface area contributed by atoms with Crippen molar-refractivity contribution in [3.8, 4) is 0 Å². The second kappa shape index (κ2) is 10.3. The largest absolute Gasteiger partial charge is 0.455 e. The fraction of sp³-hybridized carbons (Fsp3) is 0.263. The molecule has 27 heavy (non-hydrogen) atoms. The number of non-ortho nitro benzene ring substituents is 1. The number of benzene rings is 2. The lowest BCUT2D eigenvalue weighted by molar-refractivity contribution is -0.384. The number of amides is 1. The van der Waals surface area contributed by atoms with E-state index in [1.165, 1.54) is 23.9 Å². The number of ether oxygens (including phenoxy) is 1. The molecule has 0 unspecified atom stereocenters. The standard InChI is InChI=1S/C19H20N2O5S/c1-14(15-5-3-2-4-6-15)11-20-18(22)12-26-19(23)13-27-17-9-7-16(8-10-17)21(24)25/h2-10,14H,11-13H2,1H3,(H,20,22)/t14-/m0/s1. The van der Waals surface area contributed by atoms with Crippen LogP contribution in [0.2, 0.25) is 0 Å². The number of carbonyl (C=O) groups excluding carboxylic acids is 2. The molecule has 0 heterocycles. The summed E-state index contributed by atoms with van der Waals surface area (Å²) in [6.45, 7) is 2.13. The molecule has 7 nitrogen and oxygen atoms in total. The molecule has 0 aliphatic carbocycles. The van der Waals surface area contributed by atoms with Crippen molar-refractivity contribution in [2.24, 2.45) is 0 Å². The molecule has 0 aliphatic rings. The molecule has 1 amide bonds. The Hall–Kier alpha value is -2.87. The maximum Gasteiger partial charge on any atom is 0.316 e. The van der Waals surface area contributed by atoms with Crippen molar-refractivity contribution in [2.45, 2.75) is 17.7 Å². The van der Waals surface area contributed by atoms with Crippen LogP contribution in [0.15, 0.2) is 59.5 Å². The van der Waals surface area contributed by atoms with E-state index in [1.54, 1.807) is 12.1 Å². The molecule has 1 atom stereocenters. The summed E-state index contributed by atoms with van der Waals surface area (Å²) in [6, 6.07) is 15.7. The van der Waals surface area contributed by atoms with Gasteiger partial charge in [-0.15, -0.1) is 11.8 Å². The molecule has 0 saturated carbocycles. The highest BCUT2D eigenvalue weighted by Gasteiger charge is 2.11. The Morgan fingerprint density at radius 1 is 1.15 bits per heavy atom. The number of hydrogen-bond acceptors (Lipinski definition) is 6. The highest BCUT2D eigenvalue weighted by atomic mass is 32.2. The minimum atomic E-state index is -0.524. The molecule has 0 bridgehead atoms. The lowest BCUT2D eigenvalue weighted by Gasteiger charge is -2.13. The predicted molar refractivity (Wildman–Crippen MR) is 103 cm³/mol. The lowest BCUT2D eigenvalue weighted by Crippen LogP contribution is -2.31. The molecular weight excluding hydrogens is 368 g/mol. The third kappa shape index (κ3) is 7.10. The van der Waals surface area contributed by atoms with Crippen LogP contribution in [-0.2, 0) is 14.3 Å². The molecule has 0 saturated heterocycles. The molecular formula is C19H20N2O5S. The van der Waals surface area contributed by atoms with Gasteiger partial charge in [-0.1, -0.05) is 37.3 Å². The van der Waals surface area contributed by atoms with Crippen molar-refractivity contribution in [2.75, 3.05) is 18.9 Å². The van der Waals surface area contributed by atoms with Crippen LogP contribution in [0.1, 0.15) is 18.4 Å². The number of nitrogens with one attached hydrogen (secondary N) is 1. The number of hydrogen-bond donors (Lipinski definition) is 1. The molecule has 0 spiro atoms. The van der Waals surface area contributed by atoms with E-state index >= 15 is 0 Å². The summed E-state index contributed by atoms with van der Waals surface area (Å²) in [5, 5.41) is 13.3. The third-order valence-electron chi connectivity index (χ3n) is 3.74. The lowest BCUT2D eigenvalue weighted by atomic mass is 10.0. The molecule has 8 heteroatoms. The van der Waals surface area contributed by atoms with Crippen molar-refractivity contribution in [3.05, 3.63) is 70.3 Å². The minimum absolute atomic E-state index is 0.0108. The van der Waals surface area contributed by atoms with Gasteiger partial charge in [0.15, 0.2) is 6.61 Å². The van der Waals surface area contributed by atoms with Crippen molar-refractivity contribution in [1.82, 2.24) is 5.32 Å². The van der Waals surface area contributed by atoms with Gasteiger partial charge < -0.3 is 10.1 Å². The molecule has 0 aromatic heterocycles. The molecule has 142 valence electrons. The number of rotatable bonds is 9. The van der Waals surface area contributed by atoms with Gasteiger partial charge in [-0.2, -0.15) is 0 Å². The van der Waals surface area contributed by atoms with Crippen LogP contribution in [0.4, 0.5) is 5.69 Å². The van der Waals surface area contributed by atoms with E-state index in [9.17, 15) is 19.7 Å². The van der Waals surface area contributed by atoms with E-state index in [1.807, 2.05) is 37.3 Å². The molecule has 2 rings (SSSR count). The normalized spacial score (nSPS) is 11.4. The number of nitro benzene ring substituents is 1. The van der Waals surface area contributed by atoms with Gasteiger partial charge in [-0.3, -0.25) is 19.7 Å². The topological polar surface area (TPSA) is 98.5 Å². The van der Waals surface area contributed by atoms with Crippen molar-refractivity contribution >= 4 is 29.3 Å². The average molecular weight is 388 g/mol. The molecule has 0 fully saturated rings. The summed E-state index contributed by atoms with van der Waals surface area (Å²) in [5.41, 5.74) is 1.11. The van der Waals surface area contributed by atoms with Gasteiger partial charge in [-0.05, 0) is 23.6 Å². The number of carbonyl (C=O) groups is 2. The Labute approximate surface area is 161 Å². The summed E-state index contributed by atoms with van der Waals surface area (Å²) in [7, 11) is 0. The summed E-state index contributed by atoms with van der Waals surface area (Å²) in [5.74, 6) is -0.703. The fourth-order valence-corrected chi connectivity index (χ4v) is 2.91. The molecule has 2 aromatic rings. The summed E-state index contributed by atoms with van der Waals surface area (Å²) in [6.07, 6.45) is 0. The van der Waals surface area contributed by atoms with Gasteiger partial charge in [0, 0.05) is 23.6 Å². The first-order valence-corrected chi connectivity index (χ1v) is 9.29. The van der Waals surface area contributed by atoms with Gasteiger partial charge in [-0.25, -0.2) is 0 Å². The fourth-order valence-electron chi connectivity index (χ4n) is 2.21. The molecule has 2 aromatic carbocycles. The van der Waals surface area contributed by atoms with E-state index < -0.39 is 10.9 Å². The zero-order chi connectivity index (χ0) is 19.6. The van der Waals surface area contributed by atoms with Crippen molar-refractivity contribution in [1.29, 1.82) is 0 Å². The Kier molecular flexibility index (Phi) is 7.81. The highest BCUT2D eigenvalue weighted by molar-refractivity contribution is 8.00. The Balaban J connectivity index is 1.66. The molecule has 0 aliphatic heterocycles. The van der Waals surface area contributed by atoms with Crippen LogP contribution >= 0.6 is 11.8 Å². The Bertz CT molecular complexity index is 780. The number of nitrogens with zero attached hydrogens (tertiary/aromatic N) is 1. The summed E-state index contributed by atoms with van der Waals surface area (Å²) < 4.78 is 4.95. The van der Waals surface area contributed by atoms with Gasteiger partial charge in [0.05, 0.1) is 10.7 Å².